The lowest BCUT2D eigenvalue weighted by atomic mass is 9.57. The average molecular weight is 258 g/mol. The van der Waals surface area contributed by atoms with Gasteiger partial charge in [-0.3, -0.25) is 0 Å². The maximum Gasteiger partial charge on any atom is 0.119 e. The van der Waals surface area contributed by atoms with Gasteiger partial charge in [0.1, 0.15) is 5.60 Å². The van der Waals surface area contributed by atoms with Crippen LogP contribution in [0, 0.1) is 5.41 Å². The summed E-state index contributed by atoms with van der Waals surface area (Å²) in [6.45, 7) is 7.24. The molecule has 0 aliphatic heterocycles. The lowest BCUT2D eigenvalue weighted by Crippen LogP contribution is -2.66. The third kappa shape index (κ3) is 2.48. The van der Waals surface area contributed by atoms with E-state index in [1.165, 1.54) is 0 Å². The lowest BCUT2D eigenvalue weighted by molar-refractivity contribution is -0.230. The zero-order valence-electron chi connectivity index (χ0n) is 12.0. The van der Waals surface area contributed by atoms with Crippen LogP contribution in [0.15, 0.2) is 12.2 Å². The van der Waals surface area contributed by atoms with Crippen molar-refractivity contribution in [2.45, 2.75) is 63.9 Å². The van der Waals surface area contributed by atoms with Gasteiger partial charge in [0.25, 0.3) is 0 Å². The van der Waals surface area contributed by atoms with Gasteiger partial charge in [-0.05, 0) is 20.3 Å². The fourth-order valence-corrected chi connectivity index (χ4v) is 3.40. The van der Waals surface area contributed by atoms with Gasteiger partial charge in [-0.1, -0.05) is 26.0 Å². The molecule has 0 aromatic rings. The van der Waals surface area contributed by atoms with Crippen molar-refractivity contribution in [2.75, 3.05) is 7.11 Å². The number of aliphatic hydroxyl groups is 3. The second kappa shape index (κ2) is 4.93. The molecule has 0 amide bonds. The molecule has 106 valence electrons. The van der Waals surface area contributed by atoms with Crippen LogP contribution in [0.3, 0.4) is 0 Å². The fraction of sp³-hybridized carbons (Fsp3) is 0.857. The zero-order chi connectivity index (χ0) is 14.2. The molecular formula is C14H26O4. The molecule has 4 heteroatoms. The van der Waals surface area contributed by atoms with Crippen molar-refractivity contribution in [3.05, 3.63) is 12.2 Å². The van der Waals surface area contributed by atoms with Gasteiger partial charge < -0.3 is 20.1 Å². The number of methoxy groups -OCH3 is 1. The Hall–Kier alpha value is -0.420. The van der Waals surface area contributed by atoms with Crippen LogP contribution in [0.1, 0.15) is 40.5 Å². The first kappa shape index (κ1) is 15.6. The second-order valence-corrected chi connectivity index (χ2v) is 6.26. The van der Waals surface area contributed by atoms with Gasteiger partial charge in [-0.2, -0.15) is 0 Å². The Kier molecular flexibility index (Phi) is 4.28. The summed E-state index contributed by atoms with van der Waals surface area (Å²) in [4.78, 5) is 0. The molecule has 0 aromatic heterocycles. The van der Waals surface area contributed by atoms with E-state index in [2.05, 4.69) is 0 Å². The summed E-state index contributed by atoms with van der Waals surface area (Å²) >= 11 is 0. The third-order valence-electron chi connectivity index (χ3n) is 4.12. The molecule has 3 N–H and O–H groups in total. The summed E-state index contributed by atoms with van der Waals surface area (Å²) in [5.74, 6) is 0. The maximum atomic E-state index is 10.7. The van der Waals surface area contributed by atoms with Crippen LogP contribution in [0.4, 0.5) is 0 Å². The molecule has 0 bridgehead atoms. The summed E-state index contributed by atoms with van der Waals surface area (Å²) in [7, 11) is 1.56. The Morgan fingerprint density at radius 1 is 1.28 bits per heavy atom. The largest absolute Gasteiger partial charge is 0.393 e. The number of ether oxygens (including phenoxy) is 1. The predicted octanol–water partition coefficient (Wildman–Crippen LogP) is 1.24. The van der Waals surface area contributed by atoms with E-state index in [0.29, 0.717) is 6.42 Å². The molecule has 1 rings (SSSR count). The van der Waals surface area contributed by atoms with E-state index in [1.807, 2.05) is 13.8 Å². The van der Waals surface area contributed by atoms with Gasteiger partial charge in [0, 0.05) is 18.9 Å². The number of hydrogen-bond acceptors (Lipinski definition) is 4. The summed E-state index contributed by atoms with van der Waals surface area (Å²) in [5, 5.41) is 30.0. The van der Waals surface area contributed by atoms with Crippen LogP contribution in [-0.2, 0) is 4.74 Å². The van der Waals surface area contributed by atoms with Gasteiger partial charge in [0.05, 0.1) is 17.8 Å². The molecule has 0 unspecified atom stereocenters. The molecule has 4 nitrogen and oxygen atoms in total. The normalized spacial score (nSPS) is 42.1. The summed E-state index contributed by atoms with van der Waals surface area (Å²) in [6, 6.07) is 0. The number of aliphatic hydroxyl groups excluding tert-OH is 2. The zero-order valence-corrected chi connectivity index (χ0v) is 12.0. The molecule has 0 aromatic carbocycles. The Morgan fingerprint density at radius 2 is 1.83 bits per heavy atom. The quantitative estimate of drug-likeness (QED) is 0.666. The van der Waals surface area contributed by atoms with E-state index in [0.717, 1.165) is 0 Å². The second-order valence-electron chi connectivity index (χ2n) is 6.26. The van der Waals surface area contributed by atoms with Crippen molar-refractivity contribution >= 4 is 0 Å². The topological polar surface area (TPSA) is 69.9 Å². The highest BCUT2D eigenvalue weighted by atomic mass is 16.5. The first-order valence-electron chi connectivity index (χ1n) is 6.41. The Morgan fingerprint density at radius 3 is 2.22 bits per heavy atom. The minimum atomic E-state index is -1.19. The maximum absolute atomic E-state index is 10.7. The predicted molar refractivity (Wildman–Crippen MR) is 70.2 cm³/mol. The van der Waals surface area contributed by atoms with Crippen molar-refractivity contribution in [3.8, 4) is 0 Å². The molecule has 18 heavy (non-hydrogen) atoms. The van der Waals surface area contributed by atoms with E-state index < -0.39 is 28.8 Å². The summed E-state index contributed by atoms with van der Waals surface area (Å²) in [6.07, 6.45) is 3.02. The number of rotatable bonds is 3. The molecule has 0 radical (unpaired) electrons. The molecule has 1 aliphatic carbocycles. The van der Waals surface area contributed by atoms with Crippen molar-refractivity contribution in [1.29, 1.82) is 0 Å². The van der Waals surface area contributed by atoms with E-state index in [4.69, 9.17) is 4.74 Å². The molecule has 0 saturated heterocycles. The Bertz CT molecular complexity index is 300. The smallest absolute Gasteiger partial charge is 0.119 e. The SMILES string of the molecule is CO[C@@]1(/C=C/[C@@H](C)O)C(C)(C)C[C@@H](O)C[C@]1(C)O. The van der Waals surface area contributed by atoms with Crippen molar-refractivity contribution in [3.63, 3.8) is 0 Å². The first-order chi connectivity index (χ1) is 8.08. The van der Waals surface area contributed by atoms with Crippen molar-refractivity contribution in [1.82, 2.24) is 0 Å². The van der Waals surface area contributed by atoms with Crippen LogP contribution in [-0.4, -0.2) is 45.8 Å². The van der Waals surface area contributed by atoms with Crippen LogP contribution in [0.5, 0.6) is 0 Å². The highest BCUT2D eigenvalue weighted by Crippen LogP contribution is 2.52. The van der Waals surface area contributed by atoms with Crippen molar-refractivity contribution in [2.24, 2.45) is 5.41 Å². The molecule has 0 spiro atoms. The summed E-state index contributed by atoms with van der Waals surface area (Å²) in [5.41, 5.74) is -2.54. The molecule has 4 atom stereocenters. The average Bonchev–Trinajstić information content (AvgIpc) is 2.13. The van der Waals surface area contributed by atoms with Gasteiger partial charge in [0.2, 0.25) is 0 Å². The molecular weight excluding hydrogens is 232 g/mol. The van der Waals surface area contributed by atoms with Crippen LogP contribution < -0.4 is 0 Å². The standard InChI is InChI=1S/C14H26O4/c1-10(15)6-7-14(18-5)12(2,3)8-11(16)9-13(14,4)17/h6-7,10-11,15-17H,8-9H2,1-5H3/b7-6+/t10-,11-,13+,14+/m1/s1. The van der Waals surface area contributed by atoms with Gasteiger partial charge in [-0.25, -0.2) is 0 Å². The fourth-order valence-electron chi connectivity index (χ4n) is 3.40. The highest BCUT2D eigenvalue weighted by molar-refractivity contribution is 5.22. The van der Waals surface area contributed by atoms with E-state index in [1.54, 1.807) is 33.1 Å². The minimum Gasteiger partial charge on any atom is -0.393 e. The van der Waals surface area contributed by atoms with Gasteiger partial charge in [-0.15, -0.1) is 0 Å². The van der Waals surface area contributed by atoms with E-state index in [9.17, 15) is 15.3 Å². The highest BCUT2D eigenvalue weighted by Gasteiger charge is 2.60. The Labute approximate surface area is 109 Å². The monoisotopic (exact) mass is 258 g/mol. The van der Waals surface area contributed by atoms with E-state index in [-0.39, 0.29) is 6.42 Å². The lowest BCUT2D eigenvalue weighted by Gasteiger charge is -2.57. The minimum absolute atomic E-state index is 0.258. The Balaban J connectivity index is 3.26. The van der Waals surface area contributed by atoms with Crippen molar-refractivity contribution < 1.29 is 20.1 Å². The van der Waals surface area contributed by atoms with Crippen LogP contribution >= 0.6 is 0 Å². The first-order valence-corrected chi connectivity index (χ1v) is 6.41. The summed E-state index contributed by atoms with van der Waals surface area (Å²) < 4.78 is 5.65. The third-order valence-corrected chi connectivity index (χ3v) is 4.12. The van der Waals surface area contributed by atoms with Gasteiger partial charge >= 0.3 is 0 Å². The molecule has 1 fully saturated rings. The van der Waals surface area contributed by atoms with E-state index >= 15 is 0 Å². The molecule has 1 aliphatic rings. The van der Waals surface area contributed by atoms with Gasteiger partial charge in [0.15, 0.2) is 0 Å². The number of hydrogen-bond donors (Lipinski definition) is 3. The van der Waals surface area contributed by atoms with Crippen LogP contribution in [0.2, 0.25) is 0 Å². The molecule has 1 saturated carbocycles. The van der Waals surface area contributed by atoms with Crippen LogP contribution in [0.25, 0.3) is 0 Å². The molecule has 0 heterocycles.